The summed E-state index contributed by atoms with van der Waals surface area (Å²) in [5, 5.41) is 43.4. The number of nitro groups is 4. The molecule has 0 saturated heterocycles. The number of hydrogen-bond acceptors (Lipinski definition) is 10. The molecule has 0 radical (unpaired) electrons. The van der Waals surface area contributed by atoms with E-state index in [1.54, 1.807) is 0 Å². The van der Waals surface area contributed by atoms with Gasteiger partial charge in [0.2, 0.25) is 5.03 Å². The van der Waals surface area contributed by atoms with Gasteiger partial charge in [0.05, 0.1) is 26.9 Å². The number of aromatic amines is 1. The Morgan fingerprint density at radius 2 is 1.38 bits per heavy atom. The number of benzene rings is 1. The minimum Gasteiger partial charge on any atom is -0.390 e. The number of rotatable bonds is 5. The van der Waals surface area contributed by atoms with E-state index in [4.69, 9.17) is 0 Å². The Morgan fingerprint density at radius 3 is 1.71 bits per heavy atom. The number of H-pyrrole nitrogens is 1. The Balaban J connectivity index is 2.90. The summed E-state index contributed by atoms with van der Waals surface area (Å²) >= 11 is 3.80. The van der Waals surface area contributed by atoms with Crippen molar-refractivity contribution in [3.8, 4) is 11.3 Å². The standard InChI is InChI=1S/C9H4N6O8S/c16-12(17)3-1-4(13(18)19)6(5(2-3)14(20)21)7-8(24)11-9(10-7)15(22)23/h1-2,24H,(H,10,11). The predicted octanol–water partition coefficient (Wildman–Crippen LogP) is 2.00. The van der Waals surface area contributed by atoms with E-state index in [0.717, 1.165) is 0 Å². The maximum atomic E-state index is 11.2. The van der Waals surface area contributed by atoms with Crippen molar-refractivity contribution in [3.05, 3.63) is 52.6 Å². The summed E-state index contributed by atoms with van der Waals surface area (Å²) in [6.07, 6.45) is 0. The fourth-order valence-corrected chi connectivity index (χ4v) is 2.12. The van der Waals surface area contributed by atoms with Crippen LogP contribution in [0.2, 0.25) is 0 Å². The van der Waals surface area contributed by atoms with Crippen LogP contribution >= 0.6 is 12.6 Å². The van der Waals surface area contributed by atoms with Crippen molar-refractivity contribution in [2.24, 2.45) is 0 Å². The molecule has 1 N–H and O–H groups in total. The molecule has 0 unspecified atom stereocenters. The van der Waals surface area contributed by atoms with Gasteiger partial charge in [0.1, 0.15) is 0 Å². The Labute approximate surface area is 135 Å². The van der Waals surface area contributed by atoms with Crippen molar-refractivity contribution in [3.63, 3.8) is 0 Å². The lowest BCUT2D eigenvalue weighted by Gasteiger charge is -2.02. The first-order chi connectivity index (χ1) is 11.1. The van der Waals surface area contributed by atoms with Crippen molar-refractivity contribution in [1.29, 1.82) is 0 Å². The van der Waals surface area contributed by atoms with Crippen LogP contribution in [0.15, 0.2) is 17.2 Å². The Hall–Kier alpha value is -3.62. The number of non-ortho nitro benzene ring substituents is 1. The highest BCUT2D eigenvalue weighted by Gasteiger charge is 2.36. The fourth-order valence-electron chi connectivity index (χ4n) is 1.86. The van der Waals surface area contributed by atoms with Crippen LogP contribution in [0.25, 0.3) is 11.3 Å². The number of nitro benzene ring substituents is 3. The Bertz CT molecular complexity index is 872. The summed E-state index contributed by atoms with van der Waals surface area (Å²) in [5.41, 5.74) is -4.05. The minimum atomic E-state index is -1.09. The molecule has 1 aromatic carbocycles. The third kappa shape index (κ3) is 2.82. The van der Waals surface area contributed by atoms with Crippen molar-refractivity contribution < 1.29 is 19.7 Å². The smallest absolute Gasteiger partial charge is 0.390 e. The topological polar surface area (TPSA) is 201 Å². The molecule has 0 saturated carbocycles. The second kappa shape index (κ2) is 5.88. The van der Waals surface area contributed by atoms with Gasteiger partial charge in [-0.05, 0) is 4.92 Å². The van der Waals surface area contributed by atoms with Gasteiger partial charge in [-0.1, -0.05) is 4.98 Å². The van der Waals surface area contributed by atoms with Crippen LogP contribution in [0.4, 0.5) is 23.0 Å². The van der Waals surface area contributed by atoms with Gasteiger partial charge in [-0.25, -0.2) is 4.98 Å². The molecule has 0 spiro atoms. The first-order valence-corrected chi connectivity index (χ1v) is 6.13. The number of hydrogen-bond donors (Lipinski definition) is 2. The lowest BCUT2D eigenvalue weighted by atomic mass is 10.1. The van der Waals surface area contributed by atoms with Gasteiger partial charge in [0.15, 0.2) is 11.3 Å². The summed E-state index contributed by atoms with van der Waals surface area (Å²) in [4.78, 5) is 45.1. The number of nitrogens with one attached hydrogen (secondary N) is 1. The molecule has 0 bridgehead atoms. The molecule has 24 heavy (non-hydrogen) atoms. The molecule has 0 aliphatic carbocycles. The van der Waals surface area contributed by atoms with Gasteiger partial charge in [-0.15, -0.1) is 12.6 Å². The zero-order chi connectivity index (χ0) is 18.2. The molecule has 2 aromatic rings. The lowest BCUT2D eigenvalue weighted by molar-refractivity contribution is -0.402. The Kier molecular flexibility index (Phi) is 4.10. The molecular weight excluding hydrogens is 352 g/mol. The zero-order valence-electron chi connectivity index (χ0n) is 11.1. The molecular formula is C9H4N6O8S. The van der Waals surface area contributed by atoms with Crippen LogP contribution in [0.5, 0.6) is 0 Å². The fraction of sp³-hybridized carbons (Fsp3) is 0. The van der Waals surface area contributed by atoms with E-state index in [-0.39, 0.29) is 0 Å². The van der Waals surface area contributed by atoms with E-state index in [2.05, 4.69) is 22.6 Å². The van der Waals surface area contributed by atoms with Crippen molar-refractivity contribution in [1.82, 2.24) is 9.97 Å². The molecule has 0 aliphatic heterocycles. The zero-order valence-corrected chi connectivity index (χ0v) is 12.0. The summed E-state index contributed by atoms with van der Waals surface area (Å²) in [7, 11) is 0. The van der Waals surface area contributed by atoms with E-state index < -0.39 is 59.0 Å². The van der Waals surface area contributed by atoms with Crippen LogP contribution < -0.4 is 0 Å². The molecule has 1 aromatic heterocycles. The van der Waals surface area contributed by atoms with Gasteiger partial charge in [0.25, 0.3) is 17.1 Å². The average Bonchev–Trinajstić information content (AvgIpc) is 2.87. The number of thiol groups is 1. The molecule has 15 heteroatoms. The predicted molar refractivity (Wildman–Crippen MR) is 77.9 cm³/mol. The monoisotopic (exact) mass is 356 g/mol. The molecule has 2 rings (SSSR count). The normalized spacial score (nSPS) is 10.4. The summed E-state index contributed by atoms with van der Waals surface area (Å²) in [6.45, 7) is 0. The van der Waals surface area contributed by atoms with E-state index in [9.17, 15) is 40.5 Å². The van der Waals surface area contributed by atoms with E-state index in [1.807, 2.05) is 0 Å². The van der Waals surface area contributed by atoms with Gasteiger partial charge >= 0.3 is 5.95 Å². The minimum absolute atomic E-state index is 0.415. The summed E-state index contributed by atoms with van der Waals surface area (Å²) < 4.78 is 0. The van der Waals surface area contributed by atoms with E-state index >= 15 is 0 Å². The number of imidazole rings is 1. The van der Waals surface area contributed by atoms with Crippen molar-refractivity contribution >= 4 is 35.6 Å². The quantitative estimate of drug-likeness (QED) is 0.456. The first kappa shape index (κ1) is 16.7. The molecule has 0 atom stereocenters. The molecule has 0 fully saturated rings. The highest BCUT2D eigenvalue weighted by molar-refractivity contribution is 7.80. The third-order valence-corrected chi connectivity index (χ3v) is 3.10. The van der Waals surface area contributed by atoms with Gasteiger partial charge in [-0.2, -0.15) is 0 Å². The molecule has 14 nitrogen and oxygen atoms in total. The van der Waals surface area contributed by atoms with Gasteiger partial charge in [0, 0.05) is 0 Å². The molecule has 0 amide bonds. The largest absolute Gasteiger partial charge is 0.433 e. The van der Waals surface area contributed by atoms with Crippen LogP contribution in [-0.2, 0) is 0 Å². The Morgan fingerprint density at radius 1 is 0.875 bits per heavy atom. The highest BCUT2D eigenvalue weighted by Crippen LogP contribution is 2.42. The third-order valence-electron chi connectivity index (χ3n) is 2.78. The molecule has 124 valence electrons. The summed E-state index contributed by atoms with van der Waals surface area (Å²) in [5.74, 6) is -0.850. The number of nitrogens with zero attached hydrogens (tertiary/aromatic N) is 5. The van der Waals surface area contributed by atoms with Gasteiger partial charge in [-0.3, -0.25) is 30.3 Å². The van der Waals surface area contributed by atoms with Crippen LogP contribution in [0.1, 0.15) is 0 Å². The molecule has 1 heterocycles. The lowest BCUT2D eigenvalue weighted by Crippen LogP contribution is -2.01. The van der Waals surface area contributed by atoms with E-state index in [1.165, 1.54) is 0 Å². The van der Waals surface area contributed by atoms with Crippen LogP contribution in [0.3, 0.4) is 0 Å². The molecule has 0 aliphatic rings. The second-order valence-electron chi connectivity index (χ2n) is 4.15. The maximum absolute atomic E-state index is 11.2. The van der Waals surface area contributed by atoms with Crippen molar-refractivity contribution in [2.75, 3.05) is 0 Å². The SMILES string of the molecule is O=[N+]([O-])c1cc([N+](=O)[O-])c(-c2[nH]c([N+](=O)[O-])nc2S)c([N+](=O)[O-])c1. The highest BCUT2D eigenvalue weighted by atomic mass is 32.1. The summed E-state index contributed by atoms with van der Waals surface area (Å²) in [6, 6.07) is 1.00. The van der Waals surface area contributed by atoms with E-state index in [0.29, 0.717) is 12.1 Å². The average molecular weight is 356 g/mol. The first-order valence-electron chi connectivity index (χ1n) is 5.68. The number of aromatic nitrogens is 2. The van der Waals surface area contributed by atoms with Crippen LogP contribution in [0, 0.1) is 40.5 Å². The van der Waals surface area contributed by atoms with Gasteiger partial charge < -0.3 is 10.1 Å². The maximum Gasteiger partial charge on any atom is 0.433 e. The van der Waals surface area contributed by atoms with Crippen molar-refractivity contribution in [2.45, 2.75) is 5.03 Å². The second-order valence-corrected chi connectivity index (χ2v) is 4.57. The van der Waals surface area contributed by atoms with Crippen LogP contribution in [-0.4, -0.2) is 29.7 Å².